The molecular weight excluding hydrogens is 525 g/mol. The van der Waals surface area contributed by atoms with Gasteiger partial charge in [-0.25, -0.2) is 0 Å². The maximum atomic E-state index is 13.3. The van der Waals surface area contributed by atoms with E-state index in [2.05, 4.69) is 21.7 Å². The predicted molar refractivity (Wildman–Crippen MR) is 147 cm³/mol. The molecule has 10 heteroatoms. The Hall–Kier alpha value is -3.09. The van der Waals surface area contributed by atoms with Crippen LogP contribution in [0.3, 0.4) is 0 Å². The number of aromatic nitrogens is 1. The number of rotatable bonds is 5. The second-order valence-electron chi connectivity index (χ2n) is 11.4. The van der Waals surface area contributed by atoms with Gasteiger partial charge in [0, 0.05) is 33.2 Å². The molecule has 0 saturated carbocycles. The molecule has 2 amide bonds. The number of fused-ring (bicyclic) bond motifs is 3. The number of likely N-dealkylation sites (tertiary alicyclic amines) is 1. The van der Waals surface area contributed by atoms with Gasteiger partial charge in [0.2, 0.25) is 5.91 Å². The quantitative estimate of drug-likeness (QED) is 0.361. The van der Waals surface area contributed by atoms with Crippen LogP contribution in [-0.4, -0.2) is 51.7 Å². The predicted octanol–water partition coefficient (Wildman–Crippen LogP) is 4.82. The number of hydrogen-bond acceptors (Lipinski definition) is 5. The molecule has 0 aliphatic carbocycles. The van der Waals surface area contributed by atoms with Gasteiger partial charge in [0.1, 0.15) is 18.0 Å². The Bertz CT molecular complexity index is 1470. The number of nitrogens with one attached hydrogen (secondary N) is 3. The number of halogens is 2. The van der Waals surface area contributed by atoms with Crippen LogP contribution in [0.5, 0.6) is 0 Å². The molecule has 1 spiro atoms. The highest BCUT2D eigenvalue weighted by molar-refractivity contribution is 6.35. The number of aliphatic hydroxyl groups is 1. The van der Waals surface area contributed by atoms with Crippen molar-refractivity contribution in [3.8, 4) is 6.07 Å². The molecule has 4 atom stereocenters. The van der Waals surface area contributed by atoms with E-state index in [4.69, 9.17) is 23.2 Å². The Morgan fingerprint density at radius 2 is 2.05 bits per heavy atom. The highest BCUT2D eigenvalue weighted by Gasteiger charge is 2.56. The molecule has 5 rings (SSSR count). The van der Waals surface area contributed by atoms with Crippen molar-refractivity contribution in [1.29, 1.82) is 5.26 Å². The number of nitriles is 1. The van der Waals surface area contributed by atoms with Crippen molar-refractivity contribution < 1.29 is 14.7 Å². The number of carbonyl (C=O) groups excluding carboxylic acids is 2. The van der Waals surface area contributed by atoms with Crippen LogP contribution in [0.2, 0.25) is 10.0 Å². The van der Waals surface area contributed by atoms with Gasteiger partial charge in [-0.2, -0.15) is 5.26 Å². The Morgan fingerprint density at radius 3 is 2.74 bits per heavy atom. The molecule has 0 radical (unpaired) electrons. The third kappa shape index (κ3) is 4.65. The minimum atomic E-state index is -1.22. The zero-order chi connectivity index (χ0) is 27.4. The topological polar surface area (TPSA) is 121 Å². The largest absolute Gasteiger partial charge is 0.376 e. The van der Waals surface area contributed by atoms with E-state index in [9.17, 15) is 20.0 Å². The van der Waals surface area contributed by atoms with Crippen molar-refractivity contribution in [2.24, 2.45) is 5.41 Å². The maximum absolute atomic E-state index is 13.3. The van der Waals surface area contributed by atoms with E-state index in [1.165, 1.54) is 0 Å². The zero-order valence-corrected chi connectivity index (χ0v) is 22.8. The molecular formula is C28H29Cl2N5O3. The summed E-state index contributed by atoms with van der Waals surface area (Å²) >= 11 is 12.5. The fourth-order valence-corrected chi connectivity index (χ4v) is 6.09. The lowest BCUT2D eigenvalue weighted by Crippen LogP contribution is -2.55. The molecule has 1 saturated heterocycles. The van der Waals surface area contributed by atoms with E-state index in [0.717, 1.165) is 16.5 Å². The van der Waals surface area contributed by atoms with Crippen LogP contribution in [0, 0.1) is 16.7 Å². The van der Waals surface area contributed by atoms with E-state index >= 15 is 0 Å². The van der Waals surface area contributed by atoms with Gasteiger partial charge >= 0.3 is 0 Å². The smallest absolute Gasteiger partial charge is 0.268 e. The summed E-state index contributed by atoms with van der Waals surface area (Å²) < 4.78 is 0. The molecule has 3 aromatic rings. The highest BCUT2D eigenvalue weighted by atomic mass is 35.5. The second-order valence-corrected chi connectivity index (χ2v) is 12.2. The van der Waals surface area contributed by atoms with Crippen molar-refractivity contribution in [2.45, 2.75) is 57.3 Å². The number of carbonyl (C=O) groups is 2. The number of amides is 2. The Morgan fingerprint density at radius 1 is 1.29 bits per heavy atom. The number of nitrogens with zero attached hydrogens (tertiary/aromatic N) is 2. The molecule has 2 aromatic carbocycles. The van der Waals surface area contributed by atoms with E-state index < -0.39 is 29.6 Å². The molecule has 2 aliphatic rings. The van der Waals surface area contributed by atoms with E-state index in [1.54, 1.807) is 41.3 Å². The summed E-state index contributed by atoms with van der Waals surface area (Å²) in [6, 6.07) is 13.0. The van der Waals surface area contributed by atoms with Crippen molar-refractivity contribution in [3.63, 3.8) is 0 Å². The first-order chi connectivity index (χ1) is 17.9. The normalized spacial score (nSPS) is 22.8. The van der Waals surface area contributed by atoms with Crippen LogP contribution in [-0.2, 0) is 10.2 Å². The number of anilines is 1. The van der Waals surface area contributed by atoms with Crippen LogP contribution >= 0.6 is 23.2 Å². The van der Waals surface area contributed by atoms with Crippen molar-refractivity contribution >= 4 is 51.6 Å². The van der Waals surface area contributed by atoms with Crippen molar-refractivity contribution in [1.82, 2.24) is 15.2 Å². The van der Waals surface area contributed by atoms with Gasteiger partial charge in [0.25, 0.3) is 5.91 Å². The molecule has 4 N–H and O–H groups in total. The van der Waals surface area contributed by atoms with Crippen molar-refractivity contribution in [2.75, 3.05) is 11.9 Å². The number of hydrogen-bond donors (Lipinski definition) is 4. The monoisotopic (exact) mass is 553 g/mol. The highest BCUT2D eigenvalue weighted by Crippen LogP contribution is 2.48. The molecule has 1 aromatic heterocycles. The SMILES string of the molecule is CC(C)(C)C[C@H](NC(=O)c1cc2c(Cl)cccc2[nH]1)C(O)N1C[C@]2(C[C@H]1C#N)C(=O)Nc1ccc(Cl)cc12. The lowest BCUT2D eigenvalue weighted by atomic mass is 9.79. The molecule has 8 nitrogen and oxygen atoms in total. The number of aliphatic hydroxyl groups excluding tert-OH is 1. The van der Waals surface area contributed by atoms with Gasteiger partial charge in [0.05, 0.1) is 17.5 Å². The lowest BCUT2D eigenvalue weighted by Gasteiger charge is -2.36. The standard InChI is InChI=1S/C28H29Cl2N5O3/c1-27(2,3)12-23(33-24(36)22-10-17-19(30)5-4-6-20(17)32-22)25(37)35-14-28(11-16(35)13-31)18-9-15(29)7-8-21(18)34-26(28)38/h4-10,16,23,25,32,37H,11-12,14H2,1-3H3,(H,33,36)(H,34,38)/t16-,23-,25?,28-/m0/s1. The summed E-state index contributed by atoms with van der Waals surface area (Å²) in [5.74, 6) is -0.625. The molecule has 0 bridgehead atoms. The van der Waals surface area contributed by atoms with Gasteiger partial charge in [-0.3, -0.25) is 14.5 Å². The Labute approximate surface area is 230 Å². The average molecular weight is 554 g/mol. The van der Waals surface area contributed by atoms with E-state index in [-0.39, 0.29) is 24.3 Å². The zero-order valence-electron chi connectivity index (χ0n) is 21.3. The third-order valence-corrected chi connectivity index (χ3v) is 7.99. The molecule has 38 heavy (non-hydrogen) atoms. The van der Waals surface area contributed by atoms with E-state index in [0.29, 0.717) is 27.8 Å². The number of H-pyrrole nitrogens is 1. The van der Waals surface area contributed by atoms with Gasteiger partial charge < -0.3 is 20.7 Å². The van der Waals surface area contributed by atoms with Crippen LogP contribution in [0.1, 0.15) is 49.7 Å². The Balaban J connectivity index is 1.45. The molecule has 1 fully saturated rings. The fourth-order valence-electron chi connectivity index (χ4n) is 5.69. The Kier molecular flexibility index (Phi) is 6.69. The molecule has 3 heterocycles. The summed E-state index contributed by atoms with van der Waals surface area (Å²) in [4.78, 5) is 31.3. The summed E-state index contributed by atoms with van der Waals surface area (Å²) in [6.07, 6.45) is -0.584. The fraction of sp³-hybridized carbons (Fsp3) is 0.393. The second kappa shape index (κ2) is 9.58. The summed E-state index contributed by atoms with van der Waals surface area (Å²) in [5, 5.41) is 29.3. The van der Waals surface area contributed by atoms with Crippen molar-refractivity contribution in [3.05, 3.63) is 63.8 Å². The van der Waals surface area contributed by atoms with Crippen LogP contribution in [0.4, 0.5) is 5.69 Å². The van der Waals surface area contributed by atoms with Crippen LogP contribution in [0.15, 0.2) is 42.5 Å². The van der Waals surface area contributed by atoms with Gasteiger partial charge in [-0.1, -0.05) is 50.0 Å². The van der Waals surface area contributed by atoms with Gasteiger partial charge in [0.15, 0.2) is 0 Å². The van der Waals surface area contributed by atoms with Crippen LogP contribution < -0.4 is 10.6 Å². The third-order valence-electron chi connectivity index (χ3n) is 7.43. The number of aromatic amines is 1. The minimum absolute atomic E-state index is 0.115. The first kappa shape index (κ1) is 26.5. The summed E-state index contributed by atoms with van der Waals surface area (Å²) in [5.41, 5.74) is 1.14. The number of benzene rings is 2. The van der Waals surface area contributed by atoms with E-state index in [1.807, 2.05) is 26.8 Å². The first-order valence-corrected chi connectivity index (χ1v) is 13.2. The van der Waals surface area contributed by atoms with Gasteiger partial charge in [-0.05, 0) is 60.2 Å². The lowest BCUT2D eigenvalue weighted by molar-refractivity contribution is -0.120. The molecule has 198 valence electrons. The molecule has 1 unspecified atom stereocenters. The maximum Gasteiger partial charge on any atom is 0.268 e. The molecule has 2 aliphatic heterocycles. The van der Waals surface area contributed by atoms with Gasteiger partial charge in [-0.15, -0.1) is 0 Å². The summed E-state index contributed by atoms with van der Waals surface area (Å²) in [6.45, 7) is 6.15. The van der Waals surface area contributed by atoms with Crippen LogP contribution in [0.25, 0.3) is 10.9 Å². The first-order valence-electron chi connectivity index (χ1n) is 12.4. The summed E-state index contributed by atoms with van der Waals surface area (Å²) in [7, 11) is 0. The average Bonchev–Trinajstić information content (AvgIpc) is 3.53. The minimum Gasteiger partial charge on any atom is -0.376 e.